The van der Waals surface area contributed by atoms with Crippen LogP contribution in [-0.2, 0) is 6.54 Å². The summed E-state index contributed by atoms with van der Waals surface area (Å²) in [6.07, 6.45) is 0. The van der Waals surface area contributed by atoms with Crippen molar-refractivity contribution < 1.29 is 9.47 Å². The molecule has 5 nitrogen and oxygen atoms in total. The molecule has 0 aliphatic rings. The molecule has 106 valence electrons. The minimum atomic E-state index is 0.607. The number of benzene rings is 1. The standard InChI is InChI=1S/C14H16BrN3O2/c1-9-17-13(15)7-14(18-9)16-8-10-4-5-11(19-2)6-12(10)20-3/h4-7H,8H2,1-3H3,(H,16,17,18). The Morgan fingerprint density at radius 2 is 1.95 bits per heavy atom. The molecule has 0 spiro atoms. The molecule has 0 unspecified atom stereocenters. The molecule has 0 aliphatic heterocycles. The van der Waals surface area contributed by atoms with E-state index >= 15 is 0 Å². The molecule has 20 heavy (non-hydrogen) atoms. The molecule has 1 N–H and O–H groups in total. The summed E-state index contributed by atoms with van der Waals surface area (Å²) in [5.74, 6) is 3.03. The monoisotopic (exact) mass is 337 g/mol. The zero-order valence-corrected chi connectivity index (χ0v) is 13.2. The van der Waals surface area contributed by atoms with Gasteiger partial charge in [0.15, 0.2) is 0 Å². The van der Waals surface area contributed by atoms with Gasteiger partial charge in [0, 0.05) is 24.2 Å². The molecule has 1 aromatic heterocycles. The average Bonchev–Trinajstić information content (AvgIpc) is 2.44. The number of hydrogen-bond acceptors (Lipinski definition) is 5. The highest BCUT2D eigenvalue weighted by molar-refractivity contribution is 9.10. The van der Waals surface area contributed by atoms with Gasteiger partial charge in [-0.2, -0.15) is 0 Å². The van der Waals surface area contributed by atoms with Gasteiger partial charge in [-0.1, -0.05) is 0 Å². The van der Waals surface area contributed by atoms with Gasteiger partial charge in [0.2, 0.25) is 0 Å². The fraction of sp³-hybridized carbons (Fsp3) is 0.286. The van der Waals surface area contributed by atoms with Gasteiger partial charge < -0.3 is 14.8 Å². The van der Waals surface area contributed by atoms with Crippen molar-refractivity contribution in [2.75, 3.05) is 19.5 Å². The number of anilines is 1. The number of nitrogens with one attached hydrogen (secondary N) is 1. The average molecular weight is 338 g/mol. The number of rotatable bonds is 5. The fourth-order valence-electron chi connectivity index (χ4n) is 1.81. The Morgan fingerprint density at radius 3 is 2.60 bits per heavy atom. The second kappa shape index (κ2) is 6.56. The quantitative estimate of drug-likeness (QED) is 0.849. The van der Waals surface area contributed by atoms with E-state index in [1.54, 1.807) is 14.2 Å². The van der Waals surface area contributed by atoms with Gasteiger partial charge in [-0.05, 0) is 35.0 Å². The highest BCUT2D eigenvalue weighted by Gasteiger charge is 2.06. The van der Waals surface area contributed by atoms with E-state index in [1.165, 1.54) is 0 Å². The van der Waals surface area contributed by atoms with E-state index < -0.39 is 0 Å². The molecule has 2 rings (SSSR count). The zero-order valence-electron chi connectivity index (χ0n) is 11.6. The number of aromatic nitrogens is 2. The number of aryl methyl sites for hydroxylation is 1. The van der Waals surface area contributed by atoms with Gasteiger partial charge in [-0.15, -0.1) is 0 Å². The normalized spacial score (nSPS) is 10.2. The summed E-state index contributed by atoms with van der Waals surface area (Å²) < 4.78 is 11.3. The van der Waals surface area contributed by atoms with E-state index in [2.05, 4.69) is 31.2 Å². The van der Waals surface area contributed by atoms with Gasteiger partial charge in [-0.25, -0.2) is 9.97 Å². The van der Waals surface area contributed by atoms with E-state index in [0.717, 1.165) is 27.5 Å². The van der Waals surface area contributed by atoms with E-state index in [0.29, 0.717) is 12.4 Å². The van der Waals surface area contributed by atoms with Gasteiger partial charge in [0.05, 0.1) is 14.2 Å². The molecule has 6 heteroatoms. The highest BCUT2D eigenvalue weighted by atomic mass is 79.9. The summed E-state index contributed by atoms with van der Waals surface area (Å²) in [4.78, 5) is 8.49. The molecule has 0 aliphatic carbocycles. The van der Waals surface area contributed by atoms with Gasteiger partial charge in [0.25, 0.3) is 0 Å². The maximum atomic E-state index is 5.36. The van der Waals surface area contributed by atoms with Crippen LogP contribution in [0.3, 0.4) is 0 Å². The van der Waals surface area contributed by atoms with Crippen LogP contribution in [0.4, 0.5) is 5.82 Å². The largest absolute Gasteiger partial charge is 0.497 e. The topological polar surface area (TPSA) is 56.3 Å². The minimum absolute atomic E-state index is 0.607. The number of ether oxygens (including phenoxy) is 2. The van der Waals surface area contributed by atoms with Crippen molar-refractivity contribution in [2.45, 2.75) is 13.5 Å². The Morgan fingerprint density at radius 1 is 1.15 bits per heavy atom. The van der Waals surface area contributed by atoms with Crippen molar-refractivity contribution in [2.24, 2.45) is 0 Å². The zero-order chi connectivity index (χ0) is 14.5. The van der Waals surface area contributed by atoms with Crippen molar-refractivity contribution >= 4 is 21.7 Å². The van der Waals surface area contributed by atoms with Crippen molar-refractivity contribution in [3.05, 3.63) is 40.3 Å². The van der Waals surface area contributed by atoms with Crippen LogP contribution in [0.15, 0.2) is 28.9 Å². The lowest BCUT2D eigenvalue weighted by atomic mass is 10.2. The molecule has 1 heterocycles. The highest BCUT2D eigenvalue weighted by Crippen LogP contribution is 2.25. The van der Waals surface area contributed by atoms with Crippen molar-refractivity contribution in [3.8, 4) is 11.5 Å². The summed E-state index contributed by atoms with van der Waals surface area (Å²) >= 11 is 3.35. The summed E-state index contributed by atoms with van der Waals surface area (Å²) in [6.45, 7) is 2.46. The van der Waals surface area contributed by atoms with Crippen LogP contribution in [0, 0.1) is 6.92 Å². The van der Waals surface area contributed by atoms with Crippen LogP contribution in [0.2, 0.25) is 0 Å². The molecule has 0 saturated heterocycles. The molecule has 0 amide bonds. The molecule has 1 aromatic carbocycles. The Hall–Kier alpha value is -1.82. The summed E-state index contributed by atoms with van der Waals surface area (Å²) in [5.41, 5.74) is 1.03. The van der Waals surface area contributed by atoms with Crippen molar-refractivity contribution in [3.63, 3.8) is 0 Å². The second-order valence-corrected chi connectivity index (χ2v) is 4.97. The smallest absolute Gasteiger partial charge is 0.131 e. The second-order valence-electron chi connectivity index (χ2n) is 4.15. The van der Waals surface area contributed by atoms with Gasteiger partial charge >= 0.3 is 0 Å². The maximum absolute atomic E-state index is 5.36. The fourth-order valence-corrected chi connectivity index (χ4v) is 2.28. The molecule has 0 atom stereocenters. The first-order chi connectivity index (χ1) is 9.62. The van der Waals surface area contributed by atoms with Crippen molar-refractivity contribution in [1.29, 1.82) is 0 Å². The molecule has 0 radical (unpaired) electrons. The third-order valence-corrected chi connectivity index (χ3v) is 3.17. The van der Waals surface area contributed by atoms with E-state index in [9.17, 15) is 0 Å². The third kappa shape index (κ3) is 3.60. The van der Waals surface area contributed by atoms with Gasteiger partial charge in [0.1, 0.15) is 27.7 Å². The Bertz CT molecular complexity index is 585. The maximum Gasteiger partial charge on any atom is 0.131 e. The molecule has 0 saturated carbocycles. The van der Waals surface area contributed by atoms with E-state index in [4.69, 9.17) is 9.47 Å². The third-order valence-electron chi connectivity index (χ3n) is 2.76. The lowest BCUT2D eigenvalue weighted by molar-refractivity contribution is 0.391. The Kier molecular flexibility index (Phi) is 4.79. The van der Waals surface area contributed by atoms with E-state index in [-0.39, 0.29) is 0 Å². The summed E-state index contributed by atoms with van der Waals surface area (Å²) in [7, 11) is 3.28. The number of halogens is 1. The minimum Gasteiger partial charge on any atom is -0.497 e. The Balaban J connectivity index is 2.14. The molecule has 0 bridgehead atoms. The van der Waals surface area contributed by atoms with Crippen LogP contribution >= 0.6 is 15.9 Å². The summed E-state index contributed by atoms with van der Waals surface area (Å²) in [5, 5.41) is 3.25. The number of methoxy groups -OCH3 is 2. The lowest BCUT2D eigenvalue weighted by Gasteiger charge is -2.12. The number of hydrogen-bond donors (Lipinski definition) is 1. The predicted octanol–water partition coefficient (Wildman–Crippen LogP) is 3.18. The molecular weight excluding hydrogens is 322 g/mol. The van der Waals surface area contributed by atoms with Crippen molar-refractivity contribution in [1.82, 2.24) is 9.97 Å². The first-order valence-electron chi connectivity index (χ1n) is 6.08. The molecular formula is C14H16BrN3O2. The van der Waals surface area contributed by atoms with Gasteiger partial charge in [-0.3, -0.25) is 0 Å². The first-order valence-corrected chi connectivity index (χ1v) is 6.87. The van der Waals surface area contributed by atoms with Crippen LogP contribution in [0.5, 0.6) is 11.5 Å². The van der Waals surface area contributed by atoms with E-state index in [1.807, 2.05) is 31.2 Å². The molecule has 0 fully saturated rings. The summed E-state index contributed by atoms with van der Waals surface area (Å²) in [6, 6.07) is 7.57. The SMILES string of the molecule is COc1ccc(CNc2cc(Br)nc(C)n2)c(OC)c1. The molecule has 2 aromatic rings. The van der Waals surface area contributed by atoms with Crippen LogP contribution in [0.1, 0.15) is 11.4 Å². The first kappa shape index (κ1) is 14.6. The van der Waals surface area contributed by atoms with Crippen LogP contribution in [-0.4, -0.2) is 24.2 Å². The van der Waals surface area contributed by atoms with Crippen LogP contribution < -0.4 is 14.8 Å². The Labute approximate surface area is 126 Å². The van der Waals surface area contributed by atoms with Crippen LogP contribution in [0.25, 0.3) is 0 Å². The predicted molar refractivity (Wildman–Crippen MR) is 81.3 cm³/mol. The number of nitrogens with zero attached hydrogens (tertiary/aromatic N) is 2. The lowest BCUT2D eigenvalue weighted by Crippen LogP contribution is -2.05.